The molecule has 7 nitrogen and oxygen atoms in total. The van der Waals surface area contributed by atoms with Crippen molar-refractivity contribution >= 4 is 11.8 Å². The molecule has 0 spiro atoms. The first-order chi connectivity index (χ1) is 18.0. The number of benzene rings is 4. The fourth-order valence-corrected chi connectivity index (χ4v) is 4.89. The Morgan fingerprint density at radius 3 is 2.00 bits per heavy atom. The Morgan fingerprint density at radius 2 is 1.43 bits per heavy atom. The van der Waals surface area contributed by atoms with Gasteiger partial charge in [0.25, 0.3) is 0 Å². The molecule has 1 aliphatic carbocycles. The number of aromatic hydroxyl groups is 1. The third-order valence-electron chi connectivity index (χ3n) is 6.63. The number of nitrogens with zero attached hydrogens (tertiary/aromatic N) is 1. The number of amides is 1. The molecule has 0 fully saturated rings. The van der Waals surface area contributed by atoms with Crippen LogP contribution in [0.1, 0.15) is 22.6 Å². The molecule has 0 aliphatic heterocycles. The van der Waals surface area contributed by atoms with Crippen molar-refractivity contribution in [1.29, 1.82) is 0 Å². The predicted octanol–water partition coefficient (Wildman–Crippen LogP) is 6.29. The first-order valence-electron chi connectivity index (χ1n) is 11.9. The standard InChI is InChI=1S/C30H27NO6/c1-35-27-16-15-26(31(30(33)34)17-19-11-13-20(32)14-12-19)28(36-2)29(27)37-18-25-23-9-5-3-7-21(23)22-8-4-6-10-24(22)25/h3-16,25,32H,17-18H2,1-2H3,(H,33,34). The molecule has 1 amide bonds. The number of carbonyl (C=O) groups is 1. The Morgan fingerprint density at radius 1 is 0.811 bits per heavy atom. The minimum atomic E-state index is -1.15. The summed E-state index contributed by atoms with van der Waals surface area (Å²) in [5, 5.41) is 19.6. The number of phenolic OH excluding ortho intramolecular Hbond substituents is 1. The van der Waals surface area contributed by atoms with Crippen molar-refractivity contribution < 1.29 is 29.2 Å². The van der Waals surface area contributed by atoms with Crippen molar-refractivity contribution in [2.75, 3.05) is 25.7 Å². The van der Waals surface area contributed by atoms with E-state index in [1.165, 1.54) is 53.5 Å². The van der Waals surface area contributed by atoms with Crippen LogP contribution in [0.25, 0.3) is 11.1 Å². The van der Waals surface area contributed by atoms with Gasteiger partial charge in [-0.25, -0.2) is 4.79 Å². The maximum Gasteiger partial charge on any atom is 0.412 e. The van der Waals surface area contributed by atoms with E-state index in [2.05, 4.69) is 24.3 Å². The Kier molecular flexibility index (Phi) is 6.60. The minimum Gasteiger partial charge on any atom is -0.508 e. The smallest absolute Gasteiger partial charge is 0.412 e. The van der Waals surface area contributed by atoms with Gasteiger partial charge in [-0.05, 0) is 52.1 Å². The fourth-order valence-electron chi connectivity index (χ4n) is 4.89. The molecule has 5 rings (SSSR count). The summed E-state index contributed by atoms with van der Waals surface area (Å²) in [7, 11) is 3.01. The van der Waals surface area contributed by atoms with Crippen LogP contribution < -0.4 is 19.1 Å². The van der Waals surface area contributed by atoms with Gasteiger partial charge >= 0.3 is 6.09 Å². The van der Waals surface area contributed by atoms with Gasteiger partial charge in [0.2, 0.25) is 5.75 Å². The molecule has 7 heteroatoms. The molecule has 4 aromatic carbocycles. The third-order valence-corrected chi connectivity index (χ3v) is 6.63. The van der Waals surface area contributed by atoms with Crippen molar-refractivity contribution in [2.24, 2.45) is 0 Å². The van der Waals surface area contributed by atoms with Gasteiger partial charge < -0.3 is 24.4 Å². The quantitative estimate of drug-likeness (QED) is 0.298. The molecule has 0 heterocycles. The summed E-state index contributed by atoms with van der Waals surface area (Å²) < 4.78 is 17.7. The van der Waals surface area contributed by atoms with Crippen LogP contribution in [0, 0.1) is 0 Å². The van der Waals surface area contributed by atoms with E-state index in [4.69, 9.17) is 14.2 Å². The monoisotopic (exact) mass is 497 g/mol. The van der Waals surface area contributed by atoms with Crippen LogP contribution in [-0.2, 0) is 6.54 Å². The topological polar surface area (TPSA) is 88.5 Å². The summed E-state index contributed by atoms with van der Waals surface area (Å²) in [6, 6.07) is 26.3. The summed E-state index contributed by atoms with van der Waals surface area (Å²) in [6.07, 6.45) is -1.15. The van der Waals surface area contributed by atoms with Gasteiger partial charge in [-0.1, -0.05) is 60.7 Å². The summed E-state index contributed by atoms with van der Waals surface area (Å²) >= 11 is 0. The highest BCUT2D eigenvalue weighted by Crippen LogP contribution is 2.48. The molecule has 0 radical (unpaired) electrons. The lowest BCUT2D eigenvalue weighted by Gasteiger charge is -2.25. The van der Waals surface area contributed by atoms with Crippen LogP contribution in [0.2, 0.25) is 0 Å². The van der Waals surface area contributed by atoms with Crippen molar-refractivity contribution in [2.45, 2.75) is 12.5 Å². The lowest BCUT2D eigenvalue weighted by atomic mass is 9.98. The Hall–Kier alpha value is -4.65. The van der Waals surface area contributed by atoms with Crippen LogP contribution >= 0.6 is 0 Å². The SMILES string of the molecule is COc1ccc(N(Cc2ccc(O)cc2)C(=O)O)c(OC)c1OCC1c2ccccc2-c2ccccc21. The first kappa shape index (κ1) is 24.1. The average Bonchev–Trinajstić information content (AvgIpc) is 3.24. The number of hydrogen-bond acceptors (Lipinski definition) is 5. The van der Waals surface area contributed by atoms with E-state index in [1.54, 1.807) is 24.3 Å². The van der Waals surface area contributed by atoms with E-state index in [0.717, 1.165) is 0 Å². The molecular weight excluding hydrogens is 470 g/mol. The summed E-state index contributed by atoms with van der Waals surface area (Å²) in [5.41, 5.74) is 5.76. The number of methoxy groups -OCH3 is 2. The van der Waals surface area contributed by atoms with Crippen LogP contribution in [0.15, 0.2) is 84.9 Å². The van der Waals surface area contributed by atoms with Gasteiger partial charge in [-0.2, -0.15) is 0 Å². The maximum atomic E-state index is 12.3. The molecule has 37 heavy (non-hydrogen) atoms. The van der Waals surface area contributed by atoms with E-state index in [1.807, 2.05) is 24.3 Å². The van der Waals surface area contributed by atoms with Crippen LogP contribution in [-0.4, -0.2) is 37.1 Å². The molecule has 0 aromatic heterocycles. The molecule has 0 atom stereocenters. The third kappa shape index (κ3) is 4.51. The predicted molar refractivity (Wildman–Crippen MR) is 141 cm³/mol. The van der Waals surface area contributed by atoms with E-state index in [0.29, 0.717) is 29.4 Å². The second-order valence-corrected chi connectivity index (χ2v) is 8.72. The van der Waals surface area contributed by atoms with Gasteiger partial charge in [-0.3, -0.25) is 4.90 Å². The second-order valence-electron chi connectivity index (χ2n) is 8.72. The normalized spacial score (nSPS) is 11.9. The molecule has 2 N–H and O–H groups in total. The highest BCUT2D eigenvalue weighted by molar-refractivity contribution is 5.90. The van der Waals surface area contributed by atoms with Crippen LogP contribution in [0.4, 0.5) is 10.5 Å². The number of carboxylic acid groups (broad SMARTS) is 1. The Balaban J connectivity index is 1.50. The van der Waals surface area contributed by atoms with Crippen molar-refractivity contribution in [3.63, 3.8) is 0 Å². The minimum absolute atomic E-state index is 0.00181. The lowest BCUT2D eigenvalue weighted by Crippen LogP contribution is -2.29. The summed E-state index contributed by atoms with van der Waals surface area (Å²) in [4.78, 5) is 13.5. The second kappa shape index (κ2) is 10.1. The zero-order valence-corrected chi connectivity index (χ0v) is 20.5. The first-order valence-corrected chi connectivity index (χ1v) is 11.9. The average molecular weight is 498 g/mol. The van der Waals surface area contributed by atoms with Gasteiger partial charge in [0.15, 0.2) is 11.5 Å². The number of hydrogen-bond donors (Lipinski definition) is 2. The molecule has 0 bridgehead atoms. The van der Waals surface area contributed by atoms with Gasteiger partial charge in [-0.15, -0.1) is 0 Å². The van der Waals surface area contributed by atoms with Crippen molar-refractivity contribution in [1.82, 2.24) is 0 Å². The van der Waals surface area contributed by atoms with Gasteiger partial charge in [0, 0.05) is 5.92 Å². The van der Waals surface area contributed by atoms with E-state index in [-0.39, 0.29) is 24.0 Å². The number of fused-ring (bicyclic) bond motifs is 3. The molecule has 188 valence electrons. The molecule has 0 saturated heterocycles. The molecular formula is C30H27NO6. The Labute approximate surface area is 215 Å². The molecule has 0 unspecified atom stereocenters. The zero-order chi connectivity index (χ0) is 25.9. The van der Waals surface area contributed by atoms with Gasteiger partial charge in [0.1, 0.15) is 5.75 Å². The highest BCUT2D eigenvalue weighted by Gasteiger charge is 2.30. The number of ether oxygens (including phenoxy) is 3. The van der Waals surface area contributed by atoms with Crippen LogP contribution in [0.3, 0.4) is 0 Å². The summed E-state index contributed by atoms with van der Waals surface area (Å²) in [5.74, 6) is 1.15. The molecule has 4 aromatic rings. The lowest BCUT2D eigenvalue weighted by molar-refractivity contribution is 0.201. The zero-order valence-electron chi connectivity index (χ0n) is 20.5. The number of anilines is 1. The molecule has 1 aliphatic rings. The Bertz CT molecular complexity index is 1390. The largest absolute Gasteiger partial charge is 0.508 e. The van der Waals surface area contributed by atoms with Crippen LogP contribution in [0.5, 0.6) is 23.0 Å². The van der Waals surface area contributed by atoms with Gasteiger partial charge in [0.05, 0.1) is 33.1 Å². The van der Waals surface area contributed by atoms with E-state index < -0.39 is 6.09 Å². The highest BCUT2D eigenvalue weighted by atomic mass is 16.5. The number of phenols is 1. The van der Waals surface area contributed by atoms with Crippen molar-refractivity contribution in [3.8, 4) is 34.1 Å². The molecule has 0 saturated carbocycles. The fraction of sp³-hybridized carbons (Fsp3) is 0.167. The summed E-state index contributed by atoms with van der Waals surface area (Å²) in [6.45, 7) is 0.371. The van der Waals surface area contributed by atoms with E-state index >= 15 is 0 Å². The van der Waals surface area contributed by atoms with E-state index in [9.17, 15) is 15.0 Å². The van der Waals surface area contributed by atoms with Crippen molar-refractivity contribution in [3.05, 3.63) is 102 Å². The number of rotatable bonds is 8. The maximum absolute atomic E-state index is 12.3.